The van der Waals surface area contributed by atoms with Gasteiger partial charge >= 0.3 is 5.97 Å². The second kappa shape index (κ2) is 9.24. The number of nitrogens with one attached hydrogen (secondary N) is 1. The molecular formula is C19H23NO5S. The smallest absolute Gasteiger partial charge is 0.341 e. The minimum Gasteiger partial charge on any atom is -0.497 e. The second-order valence-corrected chi connectivity index (χ2v) is 6.65. The van der Waals surface area contributed by atoms with Gasteiger partial charge in [-0.25, -0.2) is 4.79 Å². The van der Waals surface area contributed by atoms with Crippen molar-refractivity contribution in [2.75, 3.05) is 25.6 Å². The van der Waals surface area contributed by atoms with Crippen molar-refractivity contribution in [2.45, 2.75) is 27.2 Å². The SMILES string of the molecule is CCOC(=O)c1c(NC(=O)COc2ccc(OC)cc2)sc(C)c1CC. The van der Waals surface area contributed by atoms with Crippen LogP contribution in [0.4, 0.5) is 5.00 Å². The van der Waals surface area contributed by atoms with E-state index in [4.69, 9.17) is 14.2 Å². The standard InChI is InChI=1S/C19H23NO5S/c1-5-15-12(3)26-18(17(15)19(22)24-6-2)20-16(21)11-25-14-9-7-13(23-4)8-10-14/h7-10H,5-6,11H2,1-4H3,(H,20,21). The number of amides is 1. The molecular weight excluding hydrogens is 354 g/mol. The lowest BCUT2D eigenvalue weighted by atomic mass is 10.1. The molecule has 0 aliphatic carbocycles. The van der Waals surface area contributed by atoms with Crippen LogP contribution in [0.25, 0.3) is 0 Å². The summed E-state index contributed by atoms with van der Waals surface area (Å²) in [5.41, 5.74) is 1.34. The van der Waals surface area contributed by atoms with Gasteiger partial charge in [0.25, 0.3) is 5.91 Å². The third-order valence-corrected chi connectivity index (χ3v) is 4.79. The van der Waals surface area contributed by atoms with Crippen molar-refractivity contribution in [1.82, 2.24) is 0 Å². The Balaban J connectivity index is 2.06. The van der Waals surface area contributed by atoms with Crippen molar-refractivity contribution < 1.29 is 23.8 Å². The maximum Gasteiger partial charge on any atom is 0.341 e. The Kier molecular flexibility index (Phi) is 7.03. The largest absolute Gasteiger partial charge is 0.497 e. The predicted octanol–water partition coefficient (Wildman–Crippen LogP) is 3.82. The fraction of sp³-hybridized carbons (Fsp3) is 0.368. The number of carbonyl (C=O) groups excluding carboxylic acids is 2. The van der Waals surface area contributed by atoms with Crippen LogP contribution in [0.5, 0.6) is 11.5 Å². The van der Waals surface area contributed by atoms with Crippen LogP contribution in [0.3, 0.4) is 0 Å². The zero-order valence-corrected chi connectivity index (χ0v) is 16.2. The van der Waals surface area contributed by atoms with Gasteiger partial charge in [0.2, 0.25) is 0 Å². The highest BCUT2D eigenvalue weighted by Gasteiger charge is 2.23. The minimum atomic E-state index is -0.417. The number of anilines is 1. The van der Waals surface area contributed by atoms with E-state index in [1.165, 1.54) is 11.3 Å². The first-order valence-corrected chi connectivity index (χ1v) is 9.17. The fourth-order valence-corrected chi connectivity index (χ4v) is 3.64. The van der Waals surface area contributed by atoms with Gasteiger partial charge < -0.3 is 19.5 Å². The molecule has 7 heteroatoms. The van der Waals surface area contributed by atoms with Crippen molar-refractivity contribution in [2.24, 2.45) is 0 Å². The zero-order valence-electron chi connectivity index (χ0n) is 15.4. The highest BCUT2D eigenvalue weighted by atomic mass is 32.1. The van der Waals surface area contributed by atoms with Crippen molar-refractivity contribution in [3.63, 3.8) is 0 Å². The molecule has 1 aromatic heterocycles. The molecule has 0 fully saturated rings. The molecule has 0 aliphatic rings. The van der Waals surface area contributed by atoms with Crippen LogP contribution in [0.15, 0.2) is 24.3 Å². The summed E-state index contributed by atoms with van der Waals surface area (Å²) in [6.07, 6.45) is 0.689. The molecule has 6 nitrogen and oxygen atoms in total. The second-order valence-electron chi connectivity index (χ2n) is 5.43. The summed E-state index contributed by atoms with van der Waals surface area (Å²) in [4.78, 5) is 25.5. The normalized spacial score (nSPS) is 10.3. The lowest BCUT2D eigenvalue weighted by Crippen LogP contribution is -2.21. The Morgan fingerprint density at radius 1 is 1.12 bits per heavy atom. The minimum absolute atomic E-state index is 0.160. The predicted molar refractivity (Wildman–Crippen MR) is 102 cm³/mol. The number of carbonyl (C=O) groups is 2. The summed E-state index contributed by atoms with van der Waals surface area (Å²) in [6, 6.07) is 6.95. The van der Waals surface area contributed by atoms with Gasteiger partial charge in [0.1, 0.15) is 16.5 Å². The monoisotopic (exact) mass is 377 g/mol. The highest BCUT2D eigenvalue weighted by molar-refractivity contribution is 7.16. The van der Waals surface area contributed by atoms with Crippen LogP contribution < -0.4 is 14.8 Å². The van der Waals surface area contributed by atoms with Gasteiger partial charge in [-0.2, -0.15) is 0 Å². The van der Waals surface area contributed by atoms with E-state index in [0.29, 0.717) is 28.5 Å². The summed E-state index contributed by atoms with van der Waals surface area (Å²) in [7, 11) is 1.58. The lowest BCUT2D eigenvalue weighted by molar-refractivity contribution is -0.118. The summed E-state index contributed by atoms with van der Waals surface area (Å²) < 4.78 is 15.7. The molecule has 0 radical (unpaired) electrons. The van der Waals surface area contributed by atoms with Crippen LogP contribution >= 0.6 is 11.3 Å². The number of rotatable bonds is 8. The van der Waals surface area contributed by atoms with E-state index < -0.39 is 5.97 Å². The fourth-order valence-electron chi connectivity index (χ4n) is 2.50. The molecule has 0 aliphatic heterocycles. The quantitative estimate of drug-likeness (QED) is 0.708. The topological polar surface area (TPSA) is 73.9 Å². The molecule has 1 heterocycles. The highest BCUT2D eigenvalue weighted by Crippen LogP contribution is 2.34. The third kappa shape index (κ3) is 4.76. The number of thiophene rings is 1. The molecule has 1 N–H and O–H groups in total. The van der Waals surface area contributed by atoms with E-state index in [1.807, 2.05) is 13.8 Å². The average molecular weight is 377 g/mol. The van der Waals surface area contributed by atoms with Gasteiger partial charge in [0.15, 0.2) is 6.61 Å². The third-order valence-electron chi connectivity index (χ3n) is 3.72. The van der Waals surface area contributed by atoms with E-state index in [1.54, 1.807) is 38.3 Å². The Bertz CT molecular complexity index is 767. The number of ether oxygens (including phenoxy) is 3. The number of methoxy groups -OCH3 is 1. The molecule has 1 aromatic carbocycles. The van der Waals surface area contributed by atoms with Gasteiger partial charge in [-0.05, 0) is 50.1 Å². The van der Waals surface area contributed by atoms with E-state index in [2.05, 4.69) is 5.32 Å². The van der Waals surface area contributed by atoms with Crippen LogP contribution in [0.2, 0.25) is 0 Å². The Labute approximate surface area is 157 Å². The van der Waals surface area contributed by atoms with E-state index in [0.717, 1.165) is 10.4 Å². The number of hydrogen-bond donors (Lipinski definition) is 1. The molecule has 0 atom stereocenters. The molecule has 140 valence electrons. The maximum atomic E-state index is 12.3. The van der Waals surface area contributed by atoms with Crippen molar-refractivity contribution >= 4 is 28.2 Å². The van der Waals surface area contributed by atoms with Gasteiger partial charge in [-0.1, -0.05) is 6.92 Å². The van der Waals surface area contributed by atoms with Gasteiger partial charge in [0, 0.05) is 4.88 Å². The molecule has 1 amide bonds. The summed E-state index contributed by atoms with van der Waals surface area (Å²) >= 11 is 1.37. The number of benzene rings is 1. The molecule has 26 heavy (non-hydrogen) atoms. The van der Waals surface area contributed by atoms with Crippen molar-refractivity contribution in [3.05, 3.63) is 40.3 Å². The summed E-state index contributed by atoms with van der Waals surface area (Å²) in [5.74, 6) is 0.514. The number of hydrogen-bond acceptors (Lipinski definition) is 6. The molecule has 0 saturated heterocycles. The lowest BCUT2D eigenvalue weighted by Gasteiger charge is -2.09. The van der Waals surface area contributed by atoms with E-state index in [-0.39, 0.29) is 19.1 Å². The molecule has 0 saturated carbocycles. The van der Waals surface area contributed by atoms with Gasteiger partial charge in [0.05, 0.1) is 19.3 Å². The van der Waals surface area contributed by atoms with Crippen LogP contribution in [-0.4, -0.2) is 32.2 Å². The van der Waals surface area contributed by atoms with E-state index >= 15 is 0 Å². The maximum absolute atomic E-state index is 12.3. The first kappa shape index (κ1) is 19.8. The first-order valence-electron chi connectivity index (χ1n) is 8.36. The molecule has 2 aromatic rings. The van der Waals surface area contributed by atoms with Crippen molar-refractivity contribution in [1.29, 1.82) is 0 Å². The number of esters is 1. The molecule has 0 spiro atoms. The Morgan fingerprint density at radius 2 is 1.77 bits per heavy atom. The van der Waals surface area contributed by atoms with Gasteiger partial charge in [-0.15, -0.1) is 11.3 Å². The molecule has 2 rings (SSSR count). The van der Waals surface area contributed by atoms with E-state index in [9.17, 15) is 9.59 Å². The average Bonchev–Trinajstić information content (AvgIpc) is 2.95. The zero-order chi connectivity index (χ0) is 19.1. The van der Waals surface area contributed by atoms with Crippen molar-refractivity contribution in [3.8, 4) is 11.5 Å². The molecule has 0 unspecified atom stereocenters. The first-order chi connectivity index (χ1) is 12.5. The van der Waals surface area contributed by atoms with Crippen LogP contribution in [0.1, 0.15) is 34.6 Å². The Hall–Kier alpha value is -2.54. The van der Waals surface area contributed by atoms with Crippen LogP contribution in [0, 0.1) is 6.92 Å². The number of aryl methyl sites for hydroxylation is 1. The van der Waals surface area contributed by atoms with Gasteiger partial charge in [-0.3, -0.25) is 4.79 Å². The summed E-state index contributed by atoms with van der Waals surface area (Å²) in [6.45, 7) is 5.77. The molecule has 0 bridgehead atoms. The Morgan fingerprint density at radius 3 is 2.35 bits per heavy atom. The van der Waals surface area contributed by atoms with Crippen LogP contribution in [-0.2, 0) is 16.0 Å². The summed E-state index contributed by atoms with van der Waals surface area (Å²) in [5, 5.41) is 3.27.